The lowest BCUT2D eigenvalue weighted by molar-refractivity contribution is -0.885. The molecule has 8 heteroatoms. The molecule has 23 heavy (non-hydrogen) atoms. The van der Waals surface area contributed by atoms with Gasteiger partial charge in [-0.3, -0.25) is 4.79 Å². The van der Waals surface area contributed by atoms with Crippen LogP contribution in [-0.4, -0.2) is 52.6 Å². The second kappa shape index (κ2) is 7.51. The van der Waals surface area contributed by atoms with E-state index >= 15 is 0 Å². The molecule has 1 heterocycles. The van der Waals surface area contributed by atoms with Gasteiger partial charge in [-0.25, -0.2) is 8.42 Å². The first-order chi connectivity index (χ1) is 10.8. The van der Waals surface area contributed by atoms with Crippen molar-refractivity contribution in [2.75, 3.05) is 32.2 Å². The predicted octanol–water partition coefficient (Wildman–Crippen LogP) is -0.333. The fourth-order valence-electron chi connectivity index (χ4n) is 2.73. The highest BCUT2D eigenvalue weighted by Crippen LogP contribution is 2.21. The van der Waals surface area contributed by atoms with Gasteiger partial charge in [-0.05, 0) is 24.6 Å². The van der Waals surface area contributed by atoms with Crippen LogP contribution in [0.15, 0.2) is 18.2 Å². The van der Waals surface area contributed by atoms with Gasteiger partial charge in [0.25, 0.3) is 5.91 Å². The van der Waals surface area contributed by atoms with Gasteiger partial charge in [-0.1, -0.05) is 11.6 Å². The number of benzene rings is 1. The molecular formula is C15H22ClN2O4S+. The molecule has 0 bridgehead atoms. The van der Waals surface area contributed by atoms with Gasteiger partial charge in [0.1, 0.15) is 12.3 Å². The number of rotatable bonds is 6. The summed E-state index contributed by atoms with van der Waals surface area (Å²) in [4.78, 5) is 13.0. The summed E-state index contributed by atoms with van der Waals surface area (Å²) in [7, 11) is 0.502. The molecule has 0 saturated carbocycles. The predicted molar refractivity (Wildman–Crippen MR) is 88.7 cm³/mol. The Kier molecular flexibility index (Phi) is 5.89. The van der Waals surface area contributed by atoms with Crippen LogP contribution in [0.3, 0.4) is 0 Å². The monoisotopic (exact) mass is 361 g/mol. The summed E-state index contributed by atoms with van der Waals surface area (Å²) >= 11 is 6.00. The molecule has 0 radical (unpaired) electrons. The van der Waals surface area contributed by atoms with E-state index in [0.717, 1.165) is 16.2 Å². The highest BCUT2D eigenvalue weighted by atomic mass is 35.5. The maximum Gasteiger partial charge on any atom is 0.275 e. The Hall–Kier alpha value is -1.31. The first-order valence-corrected chi connectivity index (χ1v) is 9.62. The van der Waals surface area contributed by atoms with Gasteiger partial charge >= 0.3 is 0 Å². The second-order valence-electron chi connectivity index (χ2n) is 5.93. The molecule has 1 aliphatic heterocycles. The van der Waals surface area contributed by atoms with E-state index in [4.69, 9.17) is 16.3 Å². The Labute approximate surface area is 141 Å². The SMILES string of the molecule is COc1ccc(Cl)cc1C[NH+](C)CC(=O)N[C@H]1CCS(=O)(=O)C1. The standard InChI is InChI=1S/C15H21ClN2O4S/c1-18(8-11-7-12(16)3-4-14(11)22-2)9-15(19)17-13-5-6-23(20,21)10-13/h3-4,7,13H,5-6,8-10H2,1-2H3,(H,17,19)/p+1/t13-/m0/s1. The van der Waals surface area contributed by atoms with Crippen LogP contribution in [0.2, 0.25) is 5.02 Å². The molecule has 1 saturated heterocycles. The molecule has 2 atom stereocenters. The molecule has 6 nitrogen and oxygen atoms in total. The maximum atomic E-state index is 12.0. The average molecular weight is 362 g/mol. The number of carbonyl (C=O) groups is 1. The Morgan fingerprint density at radius 2 is 2.22 bits per heavy atom. The molecule has 0 aliphatic carbocycles. The molecule has 0 spiro atoms. The van der Waals surface area contributed by atoms with Crippen LogP contribution in [0.1, 0.15) is 12.0 Å². The summed E-state index contributed by atoms with van der Waals surface area (Å²) in [6.45, 7) is 0.840. The molecule has 0 aromatic heterocycles. The van der Waals surface area contributed by atoms with Crippen LogP contribution in [0.5, 0.6) is 5.75 Å². The zero-order chi connectivity index (χ0) is 17.0. The van der Waals surface area contributed by atoms with Crippen LogP contribution in [0.25, 0.3) is 0 Å². The number of sulfone groups is 1. The Bertz CT molecular complexity index is 678. The van der Waals surface area contributed by atoms with Gasteiger partial charge in [0, 0.05) is 16.6 Å². The van der Waals surface area contributed by atoms with Crippen LogP contribution in [0.4, 0.5) is 0 Å². The summed E-state index contributed by atoms with van der Waals surface area (Å²) in [6.07, 6.45) is 0.495. The van der Waals surface area contributed by atoms with Crippen molar-refractivity contribution in [3.63, 3.8) is 0 Å². The largest absolute Gasteiger partial charge is 0.496 e. The first kappa shape index (κ1) is 18.0. The third-order valence-electron chi connectivity index (χ3n) is 3.79. The number of amides is 1. The van der Waals surface area contributed by atoms with Gasteiger partial charge in [-0.15, -0.1) is 0 Å². The van der Waals surface area contributed by atoms with Crippen molar-refractivity contribution in [1.29, 1.82) is 0 Å². The highest BCUT2D eigenvalue weighted by Gasteiger charge is 2.29. The first-order valence-electron chi connectivity index (χ1n) is 7.42. The third kappa shape index (κ3) is 5.37. The van der Waals surface area contributed by atoms with Gasteiger partial charge < -0.3 is 15.0 Å². The number of likely N-dealkylation sites (N-methyl/N-ethyl adjacent to an activating group) is 1. The number of nitrogens with one attached hydrogen (secondary N) is 2. The number of hydrogen-bond donors (Lipinski definition) is 2. The van der Waals surface area contributed by atoms with E-state index in [1.807, 2.05) is 13.1 Å². The quantitative estimate of drug-likeness (QED) is 0.727. The zero-order valence-corrected chi connectivity index (χ0v) is 14.8. The topological polar surface area (TPSA) is 76.9 Å². The molecule has 2 N–H and O–H groups in total. The lowest BCUT2D eigenvalue weighted by Crippen LogP contribution is -3.09. The summed E-state index contributed by atoms with van der Waals surface area (Å²) in [6, 6.07) is 5.12. The van der Waals surface area contributed by atoms with E-state index in [2.05, 4.69) is 5.32 Å². The number of hydrogen-bond acceptors (Lipinski definition) is 4. The van der Waals surface area contributed by atoms with E-state index < -0.39 is 9.84 Å². The zero-order valence-electron chi connectivity index (χ0n) is 13.3. The number of methoxy groups -OCH3 is 1. The van der Waals surface area contributed by atoms with Crippen molar-refractivity contribution < 1.29 is 22.8 Å². The molecule has 1 aromatic rings. The molecule has 1 fully saturated rings. The fraction of sp³-hybridized carbons (Fsp3) is 0.533. The Morgan fingerprint density at radius 3 is 2.83 bits per heavy atom. The van der Waals surface area contributed by atoms with E-state index in [1.165, 1.54) is 0 Å². The van der Waals surface area contributed by atoms with Crippen molar-refractivity contribution in [2.45, 2.75) is 19.0 Å². The Morgan fingerprint density at radius 1 is 1.48 bits per heavy atom. The minimum Gasteiger partial charge on any atom is -0.496 e. The van der Waals surface area contributed by atoms with Crippen LogP contribution in [-0.2, 0) is 21.2 Å². The lowest BCUT2D eigenvalue weighted by Gasteiger charge is -2.17. The van der Waals surface area contributed by atoms with Crippen molar-refractivity contribution in [2.24, 2.45) is 0 Å². The normalized spacial score (nSPS) is 20.9. The molecule has 1 aromatic carbocycles. The van der Waals surface area contributed by atoms with Crippen LogP contribution >= 0.6 is 11.6 Å². The van der Waals surface area contributed by atoms with Gasteiger partial charge in [0.2, 0.25) is 0 Å². The summed E-state index contributed by atoms with van der Waals surface area (Å²) in [5.74, 6) is 0.780. The lowest BCUT2D eigenvalue weighted by atomic mass is 10.2. The Balaban J connectivity index is 1.88. The minimum absolute atomic E-state index is 0.0416. The van der Waals surface area contributed by atoms with Crippen molar-refractivity contribution >= 4 is 27.3 Å². The number of halogens is 1. The van der Waals surface area contributed by atoms with E-state index in [9.17, 15) is 13.2 Å². The number of ether oxygens (including phenoxy) is 1. The van der Waals surface area contributed by atoms with Gasteiger partial charge in [0.05, 0.1) is 25.7 Å². The smallest absolute Gasteiger partial charge is 0.275 e. The molecule has 128 valence electrons. The van der Waals surface area contributed by atoms with Crippen molar-refractivity contribution in [1.82, 2.24) is 5.32 Å². The fourth-order valence-corrected chi connectivity index (χ4v) is 4.60. The summed E-state index contributed by atoms with van der Waals surface area (Å²) in [5, 5.41) is 3.41. The van der Waals surface area contributed by atoms with E-state index in [1.54, 1.807) is 19.2 Å². The van der Waals surface area contributed by atoms with E-state index in [-0.39, 0.29) is 30.0 Å². The van der Waals surface area contributed by atoms with Crippen molar-refractivity contribution in [3.05, 3.63) is 28.8 Å². The molecule has 1 unspecified atom stereocenters. The minimum atomic E-state index is -2.98. The average Bonchev–Trinajstić information content (AvgIpc) is 2.77. The highest BCUT2D eigenvalue weighted by molar-refractivity contribution is 7.91. The summed E-state index contributed by atoms with van der Waals surface area (Å²) in [5.41, 5.74) is 0.925. The molecule has 1 aliphatic rings. The molecule has 1 amide bonds. The number of quaternary nitrogens is 1. The maximum absolute atomic E-state index is 12.0. The third-order valence-corrected chi connectivity index (χ3v) is 5.80. The van der Waals surface area contributed by atoms with Gasteiger partial charge in [-0.2, -0.15) is 0 Å². The van der Waals surface area contributed by atoms with E-state index in [0.29, 0.717) is 18.0 Å². The van der Waals surface area contributed by atoms with Crippen molar-refractivity contribution in [3.8, 4) is 5.75 Å². The second-order valence-corrected chi connectivity index (χ2v) is 8.60. The van der Waals surface area contributed by atoms with Crippen LogP contribution < -0.4 is 15.0 Å². The van der Waals surface area contributed by atoms with Crippen LogP contribution in [0, 0.1) is 0 Å². The van der Waals surface area contributed by atoms with Gasteiger partial charge in [0.15, 0.2) is 16.4 Å². The summed E-state index contributed by atoms with van der Waals surface area (Å²) < 4.78 is 28.1. The molecular weight excluding hydrogens is 340 g/mol. The molecule has 2 rings (SSSR count). The number of carbonyl (C=O) groups excluding carboxylic acids is 1.